The van der Waals surface area contributed by atoms with Crippen LogP contribution in [0.25, 0.3) is 11.2 Å². The van der Waals surface area contributed by atoms with Gasteiger partial charge >= 0.3 is 0 Å². The van der Waals surface area contributed by atoms with Gasteiger partial charge < -0.3 is 4.98 Å². The molecule has 0 aliphatic carbocycles. The molecular weight excluding hydrogens is 433 g/mol. The number of likely N-dealkylation sites (tertiary alicyclic amines) is 1. The summed E-state index contributed by atoms with van der Waals surface area (Å²) < 4.78 is 42.5. The van der Waals surface area contributed by atoms with Crippen molar-refractivity contribution in [3.05, 3.63) is 87.2 Å². The first kappa shape index (κ1) is 21.3. The lowest BCUT2D eigenvalue weighted by atomic mass is 9.95. The Morgan fingerprint density at radius 2 is 1.82 bits per heavy atom. The Hall–Kier alpha value is -3.53. The van der Waals surface area contributed by atoms with Crippen molar-refractivity contribution in [3.63, 3.8) is 0 Å². The molecule has 0 atom stereocenters. The first-order valence-corrected chi connectivity index (χ1v) is 10.7. The van der Waals surface area contributed by atoms with E-state index in [1.54, 1.807) is 18.2 Å². The van der Waals surface area contributed by atoms with Crippen LogP contribution >= 0.6 is 0 Å². The van der Waals surface area contributed by atoms with E-state index in [1.807, 2.05) is 0 Å². The van der Waals surface area contributed by atoms with Gasteiger partial charge in [0.15, 0.2) is 22.8 Å². The van der Waals surface area contributed by atoms with Gasteiger partial charge in [0.2, 0.25) is 0 Å². The number of rotatable bonds is 5. The van der Waals surface area contributed by atoms with Gasteiger partial charge in [-0.3, -0.25) is 9.69 Å². The number of H-pyrrole nitrogens is 1. The average molecular weight is 454 g/mol. The highest BCUT2D eigenvalue weighted by atomic mass is 19.2. The molecule has 0 saturated carbocycles. The molecule has 10 heteroatoms. The van der Waals surface area contributed by atoms with Gasteiger partial charge in [0.25, 0.3) is 5.56 Å². The van der Waals surface area contributed by atoms with Gasteiger partial charge in [-0.25, -0.2) is 22.8 Å². The van der Waals surface area contributed by atoms with Gasteiger partial charge in [-0.2, -0.15) is 0 Å². The summed E-state index contributed by atoms with van der Waals surface area (Å²) in [6.07, 6.45) is 1.41. The zero-order chi connectivity index (χ0) is 22.9. The van der Waals surface area contributed by atoms with E-state index in [0.717, 1.165) is 6.07 Å². The van der Waals surface area contributed by atoms with Crippen molar-refractivity contribution >= 4 is 11.2 Å². The topological polar surface area (TPSA) is 79.7 Å². The molecule has 0 amide bonds. The third-order valence-corrected chi connectivity index (χ3v) is 6.01. The molecule has 33 heavy (non-hydrogen) atoms. The van der Waals surface area contributed by atoms with Gasteiger partial charge in [0.05, 0.1) is 6.54 Å². The molecule has 3 heterocycles. The lowest BCUT2D eigenvalue weighted by Crippen LogP contribution is -2.33. The third-order valence-electron chi connectivity index (χ3n) is 6.01. The third kappa shape index (κ3) is 4.38. The Bertz CT molecular complexity index is 1360. The average Bonchev–Trinajstić information content (AvgIpc) is 3.21. The molecule has 1 aliphatic heterocycles. The lowest BCUT2D eigenvalue weighted by Gasteiger charge is -2.31. The van der Waals surface area contributed by atoms with Crippen LogP contribution in [-0.4, -0.2) is 43.0 Å². The molecule has 170 valence electrons. The lowest BCUT2D eigenvalue weighted by molar-refractivity contribution is 0.199. The number of aromatic amines is 1. The molecule has 2 aromatic carbocycles. The van der Waals surface area contributed by atoms with Crippen molar-refractivity contribution < 1.29 is 13.2 Å². The molecule has 0 unspecified atom stereocenters. The number of nitrogens with zero attached hydrogens (tertiary/aromatic N) is 5. The number of hydrogen-bond acceptors (Lipinski definition) is 5. The van der Waals surface area contributed by atoms with Crippen LogP contribution in [0.15, 0.2) is 47.3 Å². The van der Waals surface area contributed by atoms with E-state index in [-0.39, 0.29) is 29.4 Å². The largest absolute Gasteiger partial charge is 0.308 e. The predicted molar refractivity (Wildman–Crippen MR) is 115 cm³/mol. The monoisotopic (exact) mass is 454 g/mol. The minimum atomic E-state index is -0.846. The van der Waals surface area contributed by atoms with Crippen LogP contribution in [0.5, 0.6) is 0 Å². The van der Waals surface area contributed by atoms with Crippen molar-refractivity contribution in [3.8, 4) is 0 Å². The van der Waals surface area contributed by atoms with Gasteiger partial charge in [-0.05, 0) is 49.7 Å². The molecule has 0 bridgehead atoms. The molecule has 1 N–H and O–H groups in total. The highest BCUT2D eigenvalue weighted by molar-refractivity contribution is 5.68. The Morgan fingerprint density at radius 1 is 1.03 bits per heavy atom. The van der Waals surface area contributed by atoms with Crippen LogP contribution in [0.4, 0.5) is 13.2 Å². The number of halogens is 3. The molecule has 5 rings (SSSR count). The second-order valence-corrected chi connectivity index (χ2v) is 8.26. The SMILES string of the molecule is O=c1[nH]c(C2CCN(Cc3cccc(F)c3F)CC2)nc2c1nnn2Cc1cccc(F)c1. The maximum atomic E-state index is 14.0. The van der Waals surface area contributed by atoms with E-state index < -0.39 is 11.6 Å². The van der Waals surface area contributed by atoms with E-state index in [1.165, 1.54) is 22.9 Å². The number of piperidine rings is 1. The number of benzene rings is 2. The predicted octanol–water partition coefficient (Wildman–Crippen LogP) is 3.36. The molecule has 1 fully saturated rings. The Kier molecular flexibility index (Phi) is 5.67. The van der Waals surface area contributed by atoms with Crippen LogP contribution in [0.1, 0.15) is 35.7 Å². The van der Waals surface area contributed by atoms with Gasteiger partial charge in [0.1, 0.15) is 11.6 Å². The van der Waals surface area contributed by atoms with Crippen LogP contribution in [-0.2, 0) is 13.1 Å². The van der Waals surface area contributed by atoms with E-state index in [4.69, 9.17) is 0 Å². The second kappa shape index (κ2) is 8.78. The fourth-order valence-corrected chi connectivity index (χ4v) is 4.27. The molecule has 1 saturated heterocycles. The summed E-state index contributed by atoms with van der Waals surface area (Å²) >= 11 is 0. The summed E-state index contributed by atoms with van der Waals surface area (Å²) in [7, 11) is 0. The maximum Gasteiger partial charge on any atom is 0.281 e. The summed E-state index contributed by atoms with van der Waals surface area (Å²) in [5, 5.41) is 7.96. The number of nitrogens with one attached hydrogen (secondary N) is 1. The van der Waals surface area contributed by atoms with Crippen molar-refractivity contribution in [2.45, 2.75) is 31.8 Å². The van der Waals surface area contributed by atoms with Crippen LogP contribution in [0.2, 0.25) is 0 Å². The summed E-state index contributed by atoms with van der Waals surface area (Å²) in [4.78, 5) is 22.1. The summed E-state index contributed by atoms with van der Waals surface area (Å²) in [6, 6.07) is 10.3. The normalized spacial score (nSPS) is 15.4. The Morgan fingerprint density at radius 3 is 2.61 bits per heavy atom. The fourth-order valence-electron chi connectivity index (χ4n) is 4.27. The molecule has 1 aliphatic rings. The highest BCUT2D eigenvalue weighted by Crippen LogP contribution is 2.27. The van der Waals surface area contributed by atoms with Gasteiger partial charge in [-0.15, -0.1) is 5.10 Å². The fraction of sp³-hybridized carbons (Fsp3) is 0.304. The minimum absolute atomic E-state index is 0.00762. The number of fused-ring (bicyclic) bond motifs is 1. The first-order valence-electron chi connectivity index (χ1n) is 10.7. The zero-order valence-electron chi connectivity index (χ0n) is 17.6. The smallest absolute Gasteiger partial charge is 0.281 e. The molecule has 7 nitrogen and oxygen atoms in total. The zero-order valence-corrected chi connectivity index (χ0v) is 17.6. The van der Waals surface area contributed by atoms with E-state index in [9.17, 15) is 18.0 Å². The molecule has 0 radical (unpaired) electrons. The van der Waals surface area contributed by atoms with Crippen molar-refractivity contribution in [2.75, 3.05) is 13.1 Å². The Labute approximate surface area is 186 Å². The molecule has 0 spiro atoms. The van der Waals surface area contributed by atoms with Crippen molar-refractivity contribution in [1.82, 2.24) is 29.9 Å². The first-order chi connectivity index (χ1) is 16.0. The summed E-state index contributed by atoms with van der Waals surface area (Å²) in [5.41, 5.74) is 1.12. The second-order valence-electron chi connectivity index (χ2n) is 8.26. The van der Waals surface area contributed by atoms with Gasteiger partial charge in [-0.1, -0.05) is 29.5 Å². The van der Waals surface area contributed by atoms with Crippen LogP contribution < -0.4 is 5.56 Å². The van der Waals surface area contributed by atoms with Crippen molar-refractivity contribution in [1.29, 1.82) is 0 Å². The standard InChI is InChI=1S/C23H21F3N6O/c24-17-5-1-3-14(11-17)12-32-22-20(29-30-32)23(33)28-21(27-22)15-7-9-31(10-8-15)13-16-4-2-6-18(25)19(16)26/h1-6,11,15H,7-10,12-13H2,(H,27,28,33). The molecular formula is C23H21F3N6O. The van der Waals surface area contributed by atoms with E-state index >= 15 is 0 Å². The van der Waals surface area contributed by atoms with E-state index in [0.29, 0.717) is 55.1 Å². The summed E-state index contributed by atoms with van der Waals surface area (Å²) in [6.45, 7) is 1.87. The minimum Gasteiger partial charge on any atom is -0.308 e. The van der Waals surface area contributed by atoms with Gasteiger partial charge in [0, 0.05) is 18.0 Å². The molecule has 2 aromatic heterocycles. The molecule has 4 aromatic rings. The van der Waals surface area contributed by atoms with Crippen LogP contribution in [0, 0.1) is 17.5 Å². The highest BCUT2D eigenvalue weighted by Gasteiger charge is 2.25. The Balaban J connectivity index is 1.33. The number of hydrogen-bond donors (Lipinski definition) is 1. The number of aromatic nitrogens is 5. The maximum absolute atomic E-state index is 14.0. The quantitative estimate of drug-likeness (QED) is 0.500. The van der Waals surface area contributed by atoms with E-state index in [2.05, 4.69) is 25.2 Å². The van der Waals surface area contributed by atoms with Crippen molar-refractivity contribution in [2.24, 2.45) is 0 Å². The summed E-state index contributed by atoms with van der Waals surface area (Å²) in [5.74, 6) is -1.45. The van der Waals surface area contributed by atoms with Crippen LogP contribution in [0.3, 0.4) is 0 Å².